The molecule has 0 spiro atoms. The second-order valence-corrected chi connectivity index (χ2v) is 9.55. The number of imidazole rings is 1. The number of phenols is 1. The minimum absolute atomic E-state index is 0.380. The average Bonchev–Trinajstić information content (AvgIpc) is 3.07. The van der Waals surface area contributed by atoms with Crippen molar-refractivity contribution in [3.05, 3.63) is 88.0 Å². The lowest BCUT2D eigenvalue weighted by molar-refractivity contribution is 0.0457. The SMILES string of the molecule is Cc1c(C)c2c(c(C)c1O)CCC(C)(Cn1c(=N)n(Cc3ccccc3)c3ccccc31)O2. The van der Waals surface area contributed by atoms with Crippen molar-refractivity contribution in [2.75, 3.05) is 0 Å². The van der Waals surface area contributed by atoms with Gasteiger partial charge in [-0.2, -0.15) is 0 Å². The Morgan fingerprint density at radius 2 is 1.55 bits per heavy atom. The maximum Gasteiger partial charge on any atom is 0.203 e. The zero-order valence-electron chi connectivity index (χ0n) is 19.8. The molecule has 0 aliphatic carbocycles. The molecule has 0 saturated carbocycles. The highest BCUT2D eigenvalue weighted by atomic mass is 16.5. The number of aromatic hydroxyl groups is 1. The molecule has 0 amide bonds. The van der Waals surface area contributed by atoms with Crippen LogP contribution in [0.1, 0.15) is 41.2 Å². The summed E-state index contributed by atoms with van der Waals surface area (Å²) >= 11 is 0. The van der Waals surface area contributed by atoms with E-state index in [2.05, 4.69) is 40.3 Å². The number of hydrogen-bond donors (Lipinski definition) is 2. The summed E-state index contributed by atoms with van der Waals surface area (Å²) < 4.78 is 10.8. The van der Waals surface area contributed by atoms with E-state index in [1.165, 1.54) is 5.56 Å². The number of fused-ring (bicyclic) bond motifs is 2. The quantitative estimate of drug-likeness (QED) is 0.446. The van der Waals surface area contributed by atoms with Crippen LogP contribution in [0.4, 0.5) is 0 Å². The summed E-state index contributed by atoms with van der Waals surface area (Å²) in [5.41, 5.74) is 7.21. The van der Waals surface area contributed by atoms with E-state index in [0.717, 1.165) is 51.9 Å². The molecule has 170 valence electrons. The van der Waals surface area contributed by atoms with Crippen LogP contribution in [0.2, 0.25) is 0 Å². The molecule has 0 bridgehead atoms. The number of nitrogens with zero attached hydrogens (tertiary/aromatic N) is 2. The van der Waals surface area contributed by atoms with Crippen molar-refractivity contribution in [2.45, 2.75) is 59.2 Å². The third-order valence-electron chi connectivity index (χ3n) is 7.24. The largest absolute Gasteiger partial charge is 0.507 e. The first-order valence-electron chi connectivity index (χ1n) is 11.6. The number of hydrogen-bond acceptors (Lipinski definition) is 3. The van der Waals surface area contributed by atoms with Crippen LogP contribution in [0.3, 0.4) is 0 Å². The van der Waals surface area contributed by atoms with Gasteiger partial charge in [0.25, 0.3) is 0 Å². The van der Waals surface area contributed by atoms with E-state index in [0.29, 0.717) is 24.5 Å². The van der Waals surface area contributed by atoms with Crippen LogP contribution in [-0.4, -0.2) is 19.8 Å². The van der Waals surface area contributed by atoms with Crippen LogP contribution in [0.15, 0.2) is 54.6 Å². The zero-order valence-corrected chi connectivity index (χ0v) is 19.8. The van der Waals surface area contributed by atoms with Crippen LogP contribution in [0, 0.1) is 26.2 Å². The number of phenolic OH excluding ortho intramolecular Hbond substituents is 1. The van der Waals surface area contributed by atoms with Gasteiger partial charge in [-0.1, -0.05) is 42.5 Å². The van der Waals surface area contributed by atoms with Gasteiger partial charge in [-0.05, 0) is 74.9 Å². The van der Waals surface area contributed by atoms with E-state index in [-0.39, 0.29) is 0 Å². The highest BCUT2D eigenvalue weighted by Crippen LogP contribution is 2.43. The lowest BCUT2D eigenvalue weighted by atomic mass is 9.87. The van der Waals surface area contributed by atoms with Gasteiger partial charge >= 0.3 is 0 Å². The van der Waals surface area contributed by atoms with Crippen LogP contribution < -0.4 is 10.4 Å². The number of aromatic nitrogens is 2. The minimum atomic E-state index is -0.449. The third kappa shape index (κ3) is 3.52. The standard InChI is InChI=1S/C28H31N3O2/c1-18-19(2)26-22(20(3)25(18)32)14-15-28(4,33-26)17-31-24-13-9-8-12-23(24)30(27(31)29)16-21-10-6-5-7-11-21/h5-13,29,32H,14-17H2,1-4H3. The molecule has 1 aliphatic rings. The molecule has 4 aromatic rings. The van der Waals surface area contributed by atoms with E-state index in [4.69, 9.17) is 10.1 Å². The van der Waals surface area contributed by atoms with Gasteiger partial charge in [-0.25, -0.2) is 0 Å². The van der Waals surface area contributed by atoms with Crippen molar-refractivity contribution in [1.29, 1.82) is 5.41 Å². The summed E-state index contributed by atoms with van der Waals surface area (Å²) in [6, 6.07) is 18.5. The normalized spacial score (nSPS) is 17.7. The van der Waals surface area contributed by atoms with E-state index >= 15 is 0 Å². The Hall–Kier alpha value is -3.47. The number of para-hydroxylation sites is 2. The Labute approximate surface area is 194 Å². The Kier molecular flexibility index (Phi) is 5.08. The fourth-order valence-corrected chi connectivity index (χ4v) is 5.12. The van der Waals surface area contributed by atoms with Gasteiger partial charge < -0.3 is 19.0 Å². The van der Waals surface area contributed by atoms with Gasteiger partial charge in [-0.15, -0.1) is 0 Å². The first kappa shape index (κ1) is 21.4. The minimum Gasteiger partial charge on any atom is -0.507 e. The summed E-state index contributed by atoms with van der Waals surface area (Å²) in [4.78, 5) is 0. The number of rotatable bonds is 4. The highest BCUT2D eigenvalue weighted by Gasteiger charge is 2.35. The molecule has 3 aromatic carbocycles. The fourth-order valence-electron chi connectivity index (χ4n) is 5.12. The molecule has 2 N–H and O–H groups in total. The summed E-state index contributed by atoms with van der Waals surface area (Å²) in [6.45, 7) is 9.33. The van der Waals surface area contributed by atoms with Crippen LogP contribution in [0.25, 0.3) is 11.0 Å². The van der Waals surface area contributed by atoms with E-state index < -0.39 is 5.60 Å². The number of ether oxygens (including phenoxy) is 1. The molecule has 2 heterocycles. The van der Waals surface area contributed by atoms with Crippen LogP contribution in [-0.2, 0) is 19.5 Å². The molecule has 0 saturated heterocycles. The molecule has 5 rings (SSSR count). The number of benzene rings is 3. The molecular formula is C28H31N3O2. The topological polar surface area (TPSA) is 63.2 Å². The first-order valence-corrected chi connectivity index (χ1v) is 11.6. The fraction of sp³-hybridized carbons (Fsp3) is 0.321. The highest BCUT2D eigenvalue weighted by molar-refractivity contribution is 5.76. The molecule has 33 heavy (non-hydrogen) atoms. The Bertz CT molecular complexity index is 1420. The molecule has 1 aliphatic heterocycles. The van der Waals surface area contributed by atoms with Gasteiger partial charge in [0.05, 0.1) is 24.1 Å². The monoisotopic (exact) mass is 441 g/mol. The maximum atomic E-state index is 10.5. The van der Waals surface area contributed by atoms with Gasteiger partial charge in [0.15, 0.2) is 0 Å². The van der Waals surface area contributed by atoms with Crippen molar-refractivity contribution >= 4 is 11.0 Å². The lowest BCUT2D eigenvalue weighted by Crippen LogP contribution is -2.43. The van der Waals surface area contributed by atoms with Gasteiger partial charge in [-0.3, -0.25) is 5.41 Å². The molecule has 1 unspecified atom stereocenters. The van der Waals surface area contributed by atoms with Crippen molar-refractivity contribution in [3.8, 4) is 11.5 Å². The summed E-state index contributed by atoms with van der Waals surface area (Å²) in [7, 11) is 0. The van der Waals surface area contributed by atoms with Crippen molar-refractivity contribution < 1.29 is 9.84 Å². The van der Waals surface area contributed by atoms with E-state index in [1.54, 1.807) is 0 Å². The predicted molar refractivity (Wildman–Crippen MR) is 131 cm³/mol. The third-order valence-corrected chi connectivity index (χ3v) is 7.24. The van der Waals surface area contributed by atoms with Gasteiger partial charge in [0.2, 0.25) is 5.62 Å². The average molecular weight is 442 g/mol. The van der Waals surface area contributed by atoms with Gasteiger partial charge in [0.1, 0.15) is 17.1 Å². The molecule has 1 atom stereocenters. The van der Waals surface area contributed by atoms with Crippen molar-refractivity contribution in [3.63, 3.8) is 0 Å². The zero-order chi connectivity index (χ0) is 23.3. The van der Waals surface area contributed by atoms with E-state index in [1.807, 2.05) is 51.1 Å². The maximum absolute atomic E-state index is 10.5. The molecule has 5 heteroatoms. The number of nitrogens with one attached hydrogen (secondary N) is 1. The Morgan fingerprint density at radius 3 is 2.24 bits per heavy atom. The van der Waals surface area contributed by atoms with Crippen LogP contribution in [0.5, 0.6) is 11.5 Å². The second-order valence-electron chi connectivity index (χ2n) is 9.55. The van der Waals surface area contributed by atoms with Crippen LogP contribution >= 0.6 is 0 Å². The summed E-state index contributed by atoms with van der Waals surface area (Å²) in [5, 5.41) is 19.6. The molecular weight excluding hydrogens is 410 g/mol. The first-order chi connectivity index (χ1) is 15.8. The van der Waals surface area contributed by atoms with Crippen molar-refractivity contribution in [1.82, 2.24) is 9.13 Å². The molecule has 0 radical (unpaired) electrons. The smallest absolute Gasteiger partial charge is 0.203 e. The predicted octanol–water partition coefficient (Wildman–Crippen LogP) is 5.39. The summed E-state index contributed by atoms with van der Waals surface area (Å²) in [6.07, 6.45) is 1.68. The van der Waals surface area contributed by atoms with E-state index in [9.17, 15) is 5.11 Å². The molecule has 1 aromatic heterocycles. The Morgan fingerprint density at radius 1 is 0.909 bits per heavy atom. The Balaban J connectivity index is 1.55. The van der Waals surface area contributed by atoms with Crippen molar-refractivity contribution in [2.24, 2.45) is 0 Å². The molecule has 0 fully saturated rings. The lowest BCUT2D eigenvalue weighted by Gasteiger charge is -2.38. The van der Waals surface area contributed by atoms with Gasteiger partial charge in [0, 0.05) is 5.56 Å². The second kappa shape index (κ2) is 7.84. The summed E-state index contributed by atoms with van der Waals surface area (Å²) in [5.74, 6) is 1.28. The molecule has 5 nitrogen and oxygen atoms in total.